The highest BCUT2D eigenvalue weighted by Crippen LogP contribution is 2.31. The molecule has 8 heteroatoms. The first-order chi connectivity index (χ1) is 11.5. The summed E-state index contributed by atoms with van der Waals surface area (Å²) in [5, 5.41) is 14.8. The molecule has 0 radical (unpaired) electrons. The molecule has 0 aliphatic carbocycles. The van der Waals surface area contributed by atoms with Crippen LogP contribution in [0.25, 0.3) is 0 Å². The van der Waals surface area contributed by atoms with Crippen LogP contribution in [0.4, 0.5) is 5.69 Å². The largest absolute Gasteiger partial charge is 0.482 e. The van der Waals surface area contributed by atoms with Crippen molar-refractivity contribution in [1.29, 1.82) is 0 Å². The first kappa shape index (κ1) is 16.3. The van der Waals surface area contributed by atoms with E-state index in [2.05, 4.69) is 10.6 Å². The van der Waals surface area contributed by atoms with E-state index >= 15 is 0 Å². The first-order valence-electron chi connectivity index (χ1n) is 7.66. The molecule has 0 atom stereocenters. The van der Waals surface area contributed by atoms with Crippen molar-refractivity contribution in [2.75, 3.05) is 31.7 Å². The Morgan fingerprint density at radius 3 is 2.75 bits per heavy atom. The van der Waals surface area contributed by atoms with Gasteiger partial charge in [0.2, 0.25) is 0 Å². The topological polar surface area (TPSA) is 114 Å². The second-order valence-electron chi connectivity index (χ2n) is 5.93. The molecule has 128 valence electrons. The van der Waals surface area contributed by atoms with E-state index in [1.807, 2.05) is 0 Å². The van der Waals surface area contributed by atoms with Crippen molar-refractivity contribution in [1.82, 2.24) is 5.32 Å². The molecule has 2 aliphatic heterocycles. The maximum absolute atomic E-state index is 12.3. The molecule has 0 aromatic heterocycles. The number of benzene rings is 1. The zero-order valence-corrected chi connectivity index (χ0v) is 13.0. The van der Waals surface area contributed by atoms with Crippen LogP contribution in [0, 0.1) is 5.41 Å². The summed E-state index contributed by atoms with van der Waals surface area (Å²) in [4.78, 5) is 35.3. The van der Waals surface area contributed by atoms with Crippen LogP contribution >= 0.6 is 0 Å². The molecule has 3 rings (SSSR count). The first-order valence-corrected chi connectivity index (χ1v) is 7.66. The number of nitrogens with one attached hydrogen (secondary N) is 2. The van der Waals surface area contributed by atoms with E-state index < -0.39 is 17.3 Å². The van der Waals surface area contributed by atoms with Crippen molar-refractivity contribution in [3.8, 4) is 5.75 Å². The SMILES string of the molecule is O=C1COc2ccc(C(=O)NCC3(C(=O)O)CCOCC3)cc2N1. The van der Waals surface area contributed by atoms with Gasteiger partial charge < -0.3 is 25.2 Å². The Labute approximate surface area is 138 Å². The predicted octanol–water partition coefficient (Wildman–Crippen LogP) is 0.629. The third kappa shape index (κ3) is 3.18. The molecule has 24 heavy (non-hydrogen) atoms. The van der Waals surface area contributed by atoms with Crippen LogP contribution in [-0.2, 0) is 14.3 Å². The van der Waals surface area contributed by atoms with Gasteiger partial charge in [0.05, 0.1) is 11.1 Å². The predicted molar refractivity (Wildman–Crippen MR) is 83.0 cm³/mol. The number of anilines is 1. The van der Waals surface area contributed by atoms with Crippen molar-refractivity contribution < 1.29 is 29.0 Å². The lowest BCUT2D eigenvalue weighted by Gasteiger charge is -2.33. The zero-order chi connectivity index (χ0) is 17.2. The summed E-state index contributed by atoms with van der Waals surface area (Å²) in [5.41, 5.74) is -0.246. The Hall–Kier alpha value is -2.61. The number of amides is 2. The maximum atomic E-state index is 12.3. The highest BCUT2D eigenvalue weighted by atomic mass is 16.5. The Balaban J connectivity index is 1.69. The van der Waals surface area contributed by atoms with Gasteiger partial charge in [-0.2, -0.15) is 0 Å². The second kappa shape index (κ2) is 6.48. The molecule has 1 aromatic rings. The number of carboxylic acids is 1. The Morgan fingerprint density at radius 1 is 1.29 bits per heavy atom. The number of carbonyl (C=O) groups is 3. The molecule has 2 aliphatic rings. The van der Waals surface area contributed by atoms with Gasteiger partial charge in [0, 0.05) is 25.3 Å². The number of hydrogen-bond acceptors (Lipinski definition) is 5. The summed E-state index contributed by atoms with van der Waals surface area (Å²) in [7, 11) is 0. The molecule has 0 spiro atoms. The van der Waals surface area contributed by atoms with Crippen molar-refractivity contribution in [3.63, 3.8) is 0 Å². The standard InChI is InChI=1S/C16H18N2O6/c19-13-8-24-12-2-1-10(7-11(12)18-13)14(20)17-9-16(15(21)22)3-5-23-6-4-16/h1-2,7H,3-6,8-9H2,(H,17,20)(H,18,19)(H,21,22). The number of aliphatic carboxylic acids is 1. The van der Waals surface area contributed by atoms with E-state index in [4.69, 9.17) is 9.47 Å². The van der Waals surface area contributed by atoms with Gasteiger partial charge in [-0.3, -0.25) is 14.4 Å². The van der Waals surface area contributed by atoms with Gasteiger partial charge in [0.15, 0.2) is 6.61 Å². The minimum absolute atomic E-state index is 0.0322. The van der Waals surface area contributed by atoms with Gasteiger partial charge in [-0.15, -0.1) is 0 Å². The summed E-state index contributed by atoms with van der Waals surface area (Å²) in [5.74, 6) is -1.12. The molecule has 0 saturated carbocycles. The number of fused-ring (bicyclic) bond motifs is 1. The average molecular weight is 334 g/mol. The number of carbonyl (C=O) groups excluding carboxylic acids is 2. The molecule has 3 N–H and O–H groups in total. The fraction of sp³-hybridized carbons (Fsp3) is 0.438. The van der Waals surface area contributed by atoms with Crippen LogP contribution in [-0.4, -0.2) is 49.3 Å². The van der Waals surface area contributed by atoms with Crippen LogP contribution in [0.1, 0.15) is 23.2 Å². The fourth-order valence-electron chi connectivity index (χ4n) is 2.80. The number of ether oxygens (including phenoxy) is 2. The van der Waals surface area contributed by atoms with Gasteiger partial charge >= 0.3 is 5.97 Å². The molecule has 2 amide bonds. The summed E-state index contributed by atoms with van der Waals surface area (Å²) >= 11 is 0. The van der Waals surface area contributed by atoms with Crippen LogP contribution in [0.15, 0.2) is 18.2 Å². The smallest absolute Gasteiger partial charge is 0.311 e. The van der Waals surface area contributed by atoms with Crippen LogP contribution in [0.2, 0.25) is 0 Å². The minimum atomic E-state index is -1.00. The normalized spacial score (nSPS) is 18.8. The number of hydrogen-bond donors (Lipinski definition) is 3. The number of rotatable bonds is 4. The Kier molecular flexibility index (Phi) is 4.39. The van der Waals surface area contributed by atoms with E-state index in [1.54, 1.807) is 12.1 Å². The van der Waals surface area contributed by atoms with Crippen molar-refractivity contribution in [3.05, 3.63) is 23.8 Å². The van der Waals surface area contributed by atoms with Gasteiger partial charge in [0.1, 0.15) is 5.75 Å². The zero-order valence-electron chi connectivity index (χ0n) is 13.0. The van der Waals surface area contributed by atoms with Gasteiger partial charge in [0.25, 0.3) is 11.8 Å². The lowest BCUT2D eigenvalue weighted by atomic mass is 9.80. The van der Waals surface area contributed by atoms with E-state index in [-0.39, 0.29) is 19.1 Å². The van der Waals surface area contributed by atoms with Gasteiger partial charge in [-0.05, 0) is 31.0 Å². The third-order valence-electron chi connectivity index (χ3n) is 4.37. The maximum Gasteiger partial charge on any atom is 0.311 e. The molecular formula is C16H18N2O6. The summed E-state index contributed by atoms with van der Waals surface area (Å²) in [6, 6.07) is 4.69. The van der Waals surface area contributed by atoms with E-state index in [9.17, 15) is 19.5 Å². The third-order valence-corrected chi connectivity index (χ3v) is 4.37. The molecule has 1 saturated heterocycles. The highest BCUT2D eigenvalue weighted by molar-refractivity contribution is 6.00. The Morgan fingerprint density at radius 2 is 2.04 bits per heavy atom. The van der Waals surface area contributed by atoms with Gasteiger partial charge in [-0.25, -0.2) is 0 Å². The van der Waals surface area contributed by atoms with Crippen molar-refractivity contribution in [2.24, 2.45) is 5.41 Å². The summed E-state index contributed by atoms with van der Waals surface area (Å²) in [6.45, 7) is 0.709. The summed E-state index contributed by atoms with van der Waals surface area (Å²) in [6.07, 6.45) is 0.716. The fourth-order valence-corrected chi connectivity index (χ4v) is 2.80. The highest BCUT2D eigenvalue weighted by Gasteiger charge is 2.40. The summed E-state index contributed by atoms with van der Waals surface area (Å²) < 4.78 is 10.4. The monoisotopic (exact) mass is 334 g/mol. The quantitative estimate of drug-likeness (QED) is 0.744. The molecule has 1 aromatic carbocycles. The van der Waals surface area contributed by atoms with Crippen molar-refractivity contribution >= 4 is 23.5 Å². The van der Waals surface area contributed by atoms with Crippen LogP contribution in [0.5, 0.6) is 5.75 Å². The minimum Gasteiger partial charge on any atom is -0.482 e. The molecule has 1 fully saturated rings. The molecule has 0 unspecified atom stereocenters. The number of carboxylic acid groups (broad SMARTS) is 1. The van der Waals surface area contributed by atoms with E-state index in [0.29, 0.717) is 43.1 Å². The van der Waals surface area contributed by atoms with Gasteiger partial charge in [-0.1, -0.05) is 0 Å². The van der Waals surface area contributed by atoms with Crippen molar-refractivity contribution in [2.45, 2.75) is 12.8 Å². The van der Waals surface area contributed by atoms with Crippen LogP contribution in [0.3, 0.4) is 0 Å². The molecule has 8 nitrogen and oxygen atoms in total. The van der Waals surface area contributed by atoms with Crippen LogP contribution < -0.4 is 15.4 Å². The lowest BCUT2D eigenvalue weighted by Crippen LogP contribution is -2.46. The molecule has 2 heterocycles. The average Bonchev–Trinajstić information content (AvgIpc) is 2.59. The molecule has 0 bridgehead atoms. The van der Waals surface area contributed by atoms with E-state index in [0.717, 1.165) is 0 Å². The Bertz CT molecular complexity index is 681. The second-order valence-corrected chi connectivity index (χ2v) is 5.93. The lowest BCUT2D eigenvalue weighted by molar-refractivity contribution is -0.154. The van der Waals surface area contributed by atoms with E-state index in [1.165, 1.54) is 6.07 Å². The molecular weight excluding hydrogens is 316 g/mol.